The number of nitrogens with two attached hydrogens (primary N) is 1. The third-order valence-electron chi connectivity index (χ3n) is 2.99. The highest BCUT2D eigenvalue weighted by molar-refractivity contribution is 9.11. The van der Waals surface area contributed by atoms with Gasteiger partial charge in [0.2, 0.25) is 0 Å². The predicted octanol–water partition coefficient (Wildman–Crippen LogP) is 3.70. The average molecular weight is 392 g/mol. The van der Waals surface area contributed by atoms with E-state index in [1.165, 1.54) is 22.1 Å². The van der Waals surface area contributed by atoms with Gasteiger partial charge in [0.15, 0.2) is 11.5 Å². The third-order valence-corrected chi connectivity index (χ3v) is 4.68. The van der Waals surface area contributed by atoms with E-state index in [4.69, 9.17) is 5.73 Å². The average Bonchev–Trinajstić information content (AvgIpc) is 3.08. The minimum Gasteiger partial charge on any atom is -0.383 e. The lowest BCUT2D eigenvalue weighted by Gasteiger charge is -2.05. The van der Waals surface area contributed by atoms with E-state index in [0.29, 0.717) is 9.35 Å². The molecule has 22 heavy (non-hydrogen) atoms. The largest absolute Gasteiger partial charge is 0.435 e. The summed E-state index contributed by atoms with van der Waals surface area (Å²) in [4.78, 5) is 0. The molecule has 116 valence electrons. The SMILES string of the molecule is Cn1ccc(-n2nc(C(F)(F)F)c(-c3ccsc3Br)c2N)n1. The Balaban J connectivity index is 2.28. The topological polar surface area (TPSA) is 61.7 Å². The fourth-order valence-corrected chi connectivity index (χ4v) is 3.33. The number of aromatic nitrogens is 4. The highest BCUT2D eigenvalue weighted by Crippen LogP contribution is 2.44. The van der Waals surface area contributed by atoms with E-state index in [0.717, 1.165) is 4.68 Å². The molecule has 0 aliphatic carbocycles. The molecule has 0 aliphatic rings. The summed E-state index contributed by atoms with van der Waals surface area (Å²) in [5.74, 6) is 0.119. The van der Waals surface area contributed by atoms with Gasteiger partial charge < -0.3 is 5.73 Å². The maximum atomic E-state index is 13.3. The molecule has 3 heterocycles. The van der Waals surface area contributed by atoms with Gasteiger partial charge in [-0.3, -0.25) is 4.68 Å². The first-order chi connectivity index (χ1) is 10.3. The third kappa shape index (κ3) is 2.41. The molecule has 0 radical (unpaired) electrons. The Morgan fingerprint density at radius 1 is 1.27 bits per heavy atom. The molecule has 0 bridgehead atoms. The second-order valence-corrected chi connectivity index (χ2v) is 6.71. The number of hydrogen-bond donors (Lipinski definition) is 1. The maximum Gasteiger partial charge on any atom is 0.435 e. The zero-order valence-corrected chi connectivity index (χ0v) is 13.5. The zero-order valence-electron chi connectivity index (χ0n) is 11.1. The van der Waals surface area contributed by atoms with E-state index in [9.17, 15) is 13.2 Å². The van der Waals surface area contributed by atoms with Gasteiger partial charge in [0.05, 0.1) is 9.35 Å². The Bertz CT molecular complexity index is 832. The number of alkyl halides is 3. The zero-order chi connectivity index (χ0) is 16.1. The number of anilines is 1. The Labute approximate surface area is 135 Å². The van der Waals surface area contributed by atoms with Crippen molar-refractivity contribution in [2.45, 2.75) is 6.18 Å². The molecular weight excluding hydrogens is 383 g/mol. The Morgan fingerprint density at radius 2 is 2.00 bits per heavy atom. The summed E-state index contributed by atoms with van der Waals surface area (Å²) in [7, 11) is 1.66. The van der Waals surface area contributed by atoms with E-state index in [1.54, 1.807) is 24.7 Å². The van der Waals surface area contributed by atoms with E-state index >= 15 is 0 Å². The molecule has 5 nitrogen and oxygen atoms in total. The summed E-state index contributed by atoms with van der Waals surface area (Å²) in [5.41, 5.74) is 5.12. The predicted molar refractivity (Wildman–Crippen MR) is 80.8 cm³/mol. The van der Waals surface area contributed by atoms with Gasteiger partial charge >= 0.3 is 6.18 Å². The lowest BCUT2D eigenvalue weighted by molar-refractivity contribution is -0.140. The van der Waals surface area contributed by atoms with Gasteiger partial charge in [0.25, 0.3) is 0 Å². The van der Waals surface area contributed by atoms with Crippen LogP contribution in [0.15, 0.2) is 27.5 Å². The molecule has 0 spiro atoms. The lowest BCUT2D eigenvalue weighted by atomic mass is 10.1. The molecule has 0 saturated heterocycles. The van der Waals surface area contributed by atoms with Crippen LogP contribution in [0, 0.1) is 0 Å². The molecule has 0 fully saturated rings. The molecule has 2 N–H and O–H groups in total. The van der Waals surface area contributed by atoms with Crippen molar-refractivity contribution in [3.05, 3.63) is 33.2 Å². The van der Waals surface area contributed by atoms with Crippen molar-refractivity contribution in [1.82, 2.24) is 19.6 Å². The van der Waals surface area contributed by atoms with E-state index in [-0.39, 0.29) is 17.2 Å². The first-order valence-electron chi connectivity index (χ1n) is 5.98. The van der Waals surface area contributed by atoms with Gasteiger partial charge in [-0.25, -0.2) is 0 Å². The standard InChI is InChI=1S/C12H9BrF3N5S/c1-20-4-2-7(18-20)21-11(17)8(6-3-5-22-10(6)13)9(19-21)12(14,15)16/h2-5H,17H2,1H3. The Morgan fingerprint density at radius 3 is 2.50 bits per heavy atom. The molecule has 0 atom stereocenters. The molecule has 3 aromatic rings. The fourth-order valence-electron chi connectivity index (χ4n) is 2.06. The van der Waals surface area contributed by atoms with Crippen LogP contribution in [0.25, 0.3) is 16.9 Å². The van der Waals surface area contributed by atoms with Gasteiger partial charge in [0, 0.05) is 24.9 Å². The number of nitrogen functional groups attached to an aromatic ring is 1. The van der Waals surface area contributed by atoms with Crippen LogP contribution in [-0.4, -0.2) is 19.6 Å². The van der Waals surface area contributed by atoms with Crippen molar-refractivity contribution in [2.24, 2.45) is 7.05 Å². The molecule has 3 aromatic heterocycles. The van der Waals surface area contributed by atoms with Gasteiger partial charge in [-0.05, 0) is 27.4 Å². The number of rotatable bonds is 2. The smallest absolute Gasteiger partial charge is 0.383 e. The Hall–Kier alpha value is -1.81. The van der Waals surface area contributed by atoms with Crippen LogP contribution in [0.3, 0.4) is 0 Å². The molecule has 0 unspecified atom stereocenters. The molecule has 0 amide bonds. The molecule has 0 aliphatic heterocycles. The normalized spacial score (nSPS) is 12.0. The second-order valence-electron chi connectivity index (χ2n) is 4.47. The minimum absolute atomic E-state index is 0.106. The quantitative estimate of drug-likeness (QED) is 0.724. The first-order valence-corrected chi connectivity index (χ1v) is 7.65. The van der Waals surface area contributed by atoms with Crippen molar-refractivity contribution in [3.8, 4) is 16.9 Å². The molecular formula is C12H9BrF3N5S. The molecule has 0 saturated carbocycles. The van der Waals surface area contributed by atoms with E-state index < -0.39 is 11.9 Å². The molecule has 0 aromatic carbocycles. The highest BCUT2D eigenvalue weighted by Gasteiger charge is 2.40. The highest BCUT2D eigenvalue weighted by atomic mass is 79.9. The number of halogens is 4. The van der Waals surface area contributed by atoms with Crippen LogP contribution in [0.1, 0.15) is 5.69 Å². The number of hydrogen-bond acceptors (Lipinski definition) is 4. The number of thiophene rings is 1. The van der Waals surface area contributed by atoms with Crippen LogP contribution >= 0.6 is 27.3 Å². The van der Waals surface area contributed by atoms with E-state index in [2.05, 4.69) is 26.1 Å². The minimum atomic E-state index is -4.62. The summed E-state index contributed by atoms with van der Waals surface area (Å²) < 4.78 is 43.0. The maximum absolute atomic E-state index is 13.3. The van der Waals surface area contributed by atoms with Crippen LogP contribution in [0.5, 0.6) is 0 Å². The van der Waals surface area contributed by atoms with Crippen molar-refractivity contribution >= 4 is 33.1 Å². The Kier molecular flexibility index (Phi) is 3.52. The fraction of sp³-hybridized carbons (Fsp3) is 0.167. The summed E-state index contributed by atoms with van der Waals surface area (Å²) in [6.45, 7) is 0. The van der Waals surface area contributed by atoms with Crippen molar-refractivity contribution < 1.29 is 13.2 Å². The van der Waals surface area contributed by atoms with Crippen molar-refractivity contribution in [1.29, 1.82) is 0 Å². The van der Waals surface area contributed by atoms with Crippen molar-refractivity contribution in [3.63, 3.8) is 0 Å². The monoisotopic (exact) mass is 391 g/mol. The van der Waals surface area contributed by atoms with Crippen LogP contribution in [0.4, 0.5) is 19.0 Å². The van der Waals surface area contributed by atoms with Crippen molar-refractivity contribution in [2.75, 3.05) is 5.73 Å². The van der Waals surface area contributed by atoms with Gasteiger partial charge in [-0.15, -0.1) is 11.3 Å². The second kappa shape index (κ2) is 5.13. The lowest BCUT2D eigenvalue weighted by Crippen LogP contribution is -2.09. The van der Waals surface area contributed by atoms with Gasteiger partial charge in [0.1, 0.15) is 5.82 Å². The van der Waals surface area contributed by atoms with Gasteiger partial charge in [-0.2, -0.15) is 28.1 Å². The number of nitrogens with zero attached hydrogens (tertiary/aromatic N) is 4. The van der Waals surface area contributed by atoms with Crippen LogP contribution in [-0.2, 0) is 13.2 Å². The van der Waals surface area contributed by atoms with Crippen LogP contribution < -0.4 is 5.73 Å². The van der Waals surface area contributed by atoms with Crippen LogP contribution in [0.2, 0.25) is 0 Å². The molecule has 3 rings (SSSR count). The van der Waals surface area contributed by atoms with E-state index in [1.807, 2.05) is 0 Å². The summed E-state index contributed by atoms with van der Waals surface area (Å²) in [6.07, 6.45) is -3.02. The molecule has 10 heteroatoms. The summed E-state index contributed by atoms with van der Waals surface area (Å²) in [6, 6.07) is 3.11. The first kappa shape index (κ1) is 15.1. The van der Waals surface area contributed by atoms with Gasteiger partial charge in [-0.1, -0.05) is 0 Å². The number of aryl methyl sites for hydroxylation is 1. The summed E-state index contributed by atoms with van der Waals surface area (Å²) in [5, 5.41) is 9.36. The summed E-state index contributed by atoms with van der Waals surface area (Å²) >= 11 is 4.52.